The molecule has 30 heavy (non-hydrogen) atoms. The molecule has 0 spiro atoms. The van der Waals surface area contributed by atoms with Crippen molar-refractivity contribution in [1.82, 2.24) is 4.90 Å². The molecular weight excluding hydrogens is 393 g/mol. The van der Waals surface area contributed by atoms with Gasteiger partial charge >= 0.3 is 5.69 Å². The number of hydrogen-bond acceptors (Lipinski definition) is 6. The number of carbonyl (C=O) groups is 1. The number of hydrogen-bond donors (Lipinski definition) is 1. The molecule has 0 aliphatic carbocycles. The van der Waals surface area contributed by atoms with E-state index in [0.29, 0.717) is 38.2 Å². The fourth-order valence-electron chi connectivity index (χ4n) is 3.76. The van der Waals surface area contributed by atoms with Gasteiger partial charge in [0.1, 0.15) is 12.4 Å². The van der Waals surface area contributed by atoms with Crippen molar-refractivity contribution < 1.29 is 24.0 Å². The first kappa shape index (κ1) is 21.7. The largest absolute Gasteiger partial charge is 0.502 e. The van der Waals surface area contributed by atoms with Crippen LogP contribution in [-0.2, 0) is 16.1 Å². The molecule has 1 fully saturated rings. The number of nitro groups is 1. The first-order valence-corrected chi connectivity index (χ1v) is 9.64. The van der Waals surface area contributed by atoms with Gasteiger partial charge in [0.2, 0.25) is 0 Å². The summed E-state index contributed by atoms with van der Waals surface area (Å²) in [5, 5.41) is 20.6. The Labute approximate surface area is 173 Å². The Balaban J connectivity index is 1.67. The molecular formula is C21H24FN3O5. The van der Waals surface area contributed by atoms with Crippen LogP contribution in [0.3, 0.4) is 0 Å². The third kappa shape index (κ3) is 5.11. The van der Waals surface area contributed by atoms with Crippen LogP contribution in [0.4, 0.5) is 15.8 Å². The number of halogens is 1. The summed E-state index contributed by atoms with van der Waals surface area (Å²) < 4.78 is 18.3. The molecule has 1 saturated heterocycles. The average molecular weight is 417 g/mol. The molecule has 1 aliphatic rings. The summed E-state index contributed by atoms with van der Waals surface area (Å²) in [6.07, 6.45) is 1.40. The smallest absolute Gasteiger partial charge is 0.311 e. The number of ether oxygens (including phenoxy) is 1. The third-order valence-corrected chi connectivity index (χ3v) is 5.21. The standard InChI is InChI=1S/C21H24FN3O5/c1-30-14-21(27)24(17-5-3-16(22)4-6-17)18-8-10-23(11-9-18)13-15-2-7-20(26)19(12-15)25(28)29/h2-7,12,18,26H,8-11,13-14H2,1H3. The number of phenols is 1. The van der Waals surface area contributed by atoms with Gasteiger partial charge in [-0.05, 0) is 48.7 Å². The Kier molecular flexibility index (Phi) is 6.96. The summed E-state index contributed by atoms with van der Waals surface area (Å²) in [5.74, 6) is -0.901. The van der Waals surface area contributed by atoms with Gasteiger partial charge in [0.15, 0.2) is 5.75 Å². The number of rotatable bonds is 7. The zero-order valence-electron chi connectivity index (χ0n) is 16.7. The maximum absolute atomic E-state index is 13.3. The SMILES string of the molecule is COCC(=O)N(c1ccc(F)cc1)C1CCN(Cc2ccc(O)c([N+](=O)[O-])c2)CC1. The zero-order valence-corrected chi connectivity index (χ0v) is 16.7. The van der Waals surface area contributed by atoms with Crippen molar-refractivity contribution in [2.45, 2.75) is 25.4 Å². The highest BCUT2D eigenvalue weighted by Gasteiger charge is 2.29. The topological polar surface area (TPSA) is 96.2 Å². The maximum atomic E-state index is 13.3. The molecule has 1 heterocycles. The minimum atomic E-state index is -0.604. The molecule has 8 nitrogen and oxygen atoms in total. The van der Waals surface area contributed by atoms with Gasteiger partial charge in [0, 0.05) is 44.5 Å². The fourth-order valence-corrected chi connectivity index (χ4v) is 3.76. The molecule has 160 valence electrons. The lowest BCUT2D eigenvalue weighted by atomic mass is 10.0. The Morgan fingerprint density at radius 1 is 1.27 bits per heavy atom. The Morgan fingerprint density at radius 2 is 1.93 bits per heavy atom. The van der Waals surface area contributed by atoms with Gasteiger partial charge in [-0.2, -0.15) is 0 Å². The van der Waals surface area contributed by atoms with Crippen molar-refractivity contribution in [2.75, 3.05) is 31.7 Å². The number of methoxy groups -OCH3 is 1. The maximum Gasteiger partial charge on any atom is 0.311 e. The summed E-state index contributed by atoms with van der Waals surface area (Å²) in [6, 6.07) is 10.2. The minimum Gasteiger partial charge on any atom is -0.502 e. The summed E-state index contributed by atoms with van der Waals surface area (Å²) in [4.78, 5) is 26.9. The molecule has 2 aromatic carbocycles. The van der Waals surface area contributed by atoms with E-state index in [2.05, 4.69) is 4.90 Å². The van der Waals surface area contributed by atoms with Crippen LogP contribution in [0.1, 0.15) is 18.4 Å². The second-order valence-corrected chi connectivity index (χ2v) is 7.26. The summed E-state index contributed by atoms with van der Waals surface area (Å²) in [6.45, 7) is 1.83. The van der Waals surface area contributed by atoms with Gasteiger partial charge in [-0.25, -0.2) is 4.39 Å². The fraction of sp³-hybridized carbons (Fsp3) is 0.381. The normalized spacial score (nSPS) is 15.1. The molecule has 1 amide bonds. The number of amides is 1. The number of phenolic OH excluding ortho intramolecular Hbond substituents is 1. The number of nitro benzene ring substituents is 1. The lowest BCUT2D eigenvalue weighted by molar-refractivity contribution is -0.385. The molecule has 9 heteroatoms. The van der Waals surface area contributed by atoms with E-state index in [1.165, 1.54) is 31.4 Å². The number of nitrogens with zero attached hydrogens (tertiary/aromatic N) is 3. The molecule has 3 rings (SSSR count). The van der Waals surface area contributed by atoms with Crippen LogP contribution in [0.5, 0.6) is 5.75 Å². The molecule has 0 radical (unpaired) electrons. The summed E-state index contributed by atoms with van der Waals surface area (Å²) in [7, 11) is 1.46. The van der Waals surface area contributed by atoms with E-state index in [0.717, 1.165) is 5.56 Å². The monoisotopic (exact) mass is 417 g/mol. The zero-order chi connectivity index (χ0) is 21.7. The number of aromatic hydroxyl groups is 1. The molecule has 1 aliphatic heterocycles. The van der Waals surface area contributed by atoms with E-state index in [9.17, 15) is 24.4 Å². The van der Waals surface area contributed by atoms with Crippen LogP contribution in [-0.4, -0.2) is 53.7 Å². The van der Waals surface area contributed by atoms with Gasteiger partial charge in [0.25, 0.3) is 5.91 Å². The van der Waals surface area contributed by atoms with Crippen LogP contribution >= 0.6 is 0 Å². The van der Waals surface area contributed by atoms with Gasteiger partial charge in [-0.1, -0.05) is 6.07 Å². The highest BCUT2D eigenvalue weighted by Crippen LogP contribution is 2.28. The van der Waals surface area contributed by atoms with Crippen LogP contribution in [0.15, 0.2) is 42.5 Å². The highest BCUT2D eigenvalue weighted by atomic mass is 19.1. The molecule has 0 aromatic heterocycles. The first-order valence-electron chi connectivity index (χ1n) is 9.64. The quantitative estimate of drug-likeness (QED) is 0.549. The third-order valence-electron chi connectivity index (χ3n) is 5.21. The number of likely N-dealkylation sites (tertiary alicyclic amines) is 1. The second kappa shape index (κ2) is 9.64. The van der Waals surface area contributed by atoms with Crippen LogP contribution in [0.25, 0.3) is 0 Å². The number of benzene rings is 2. The molecule has 0 saturated carbocycles. The van der Waals surface area contributed by atoms with E-state index in [4.69, 9.17) is 4.74 Å². The first-order chi connectivity index (χ1) is 14.4. The van der Waals surface area contributed by atoms with Gasteiger partial charge < -0.3 is 14.7 Å². The van der Waals surface area contributed by atoms with E-state index >= 15 is 0 Å². The van der Waals surface area contributed by atoms with Gasteiger partial charge in [-0.3, -0.25) is 19.8 Å². The average Bonchev–Trinajstić information content (AvgIpc) is 2.72. The van der Waals surface area contributed by atoms with E-state index < -0.39 is 4.92 Å². The molecule has 0 bridgehead atoms. The minimum absolute atomic E-state index is 0.0523. The van der Waals surface area contributed by atoms with Crippen molar-refractivity contribution in [3.05, 3.63) is 64.0 Å². The van der Waals surface area contributed by atoms with Crippen molar-refractivity contribution in [1.29, 1.82) is 0 Å². The van der Waals surface area contributed by atoms with Crippen molar-refractivity contribution in [2.24, 2.45) is 0 Å². The van der Waals surface area contributed by atoms with Crippen LogP contribution in [0.2, 0.25) is 0 Å². The summed E-state index contributed by atoms with van der Waals surface area (Å²) in [5.41, 5.74) is 1.06. The Hall–Kier alpha value is -3.04. The van der Waals surface area contributed by atoms with Gasteiger partial charge in [-0.15, -0.1) is 0 Å². The Morgan fingerprint density at radius 3 is 2.53 bits per heavy atom. The van der Waals surface area contributed by atoms with Crippen molar-refractivity contribution >= 4 is 17.3 Å². The van der Waals surface area contributed by atoms with E-state index in [-0.39, 0.29) is 35.8 Å². The van der Waals surface area contributed by atoms with Crippen LogP contribution < -0.4 is 4.90 Å². The number of piperidine rings is 1. The molecule has 0 atom stereocenters. The number of anilines is 1. The molecule has 0 unspecified atom stereocenters. The predicted molar refractivity (Wildman–Crippen MR) is 109 cm³/mol. The van der Waals surface area contributed by atoms with E-state index in [1.54, 1.807) is 23.1 Å². The molecule has 1 N–H and O–H groups in total. The van der Waals surface area contributed by atoms with E-state index in [1.807, 2.05) is 0 Å². The van der Waals surface area contributed by atoms with Crippen molar-refractivity contribution in [3.8, 4) is 5.75 Å². The lowest BCUT2D eigenvalue weighted by Gasteiger charge is -2.38. The molecule has 2 aromatic rings. The predicted octanol–water partition coefficient (Wildman–Crippen LogP) is 3.08. The van der Waals surface area contributed by atoms with Crippen LogP contribution in [0, 0.1) is 15.9 Å². The highest BCUT2D eigenvalue weighted by molar-refractivity contribution is 5.94. The summed E-state index contributed by atoms with van der Waals surface area (Å²) >= 11 is 0. The Bertz CT molecular complexity index is 898. The van der Waals surface area contributed by atoms with Gasteiger partial charge in [0.05, 0.1) is 4.92 Å². The second-order valence-electron chi connectivity index (χ2n) is 7.26. The number of carbonyl (C=O) groups excluding carboxylic acids is 1. The lowest BCUT2D eigenvalue weighted by Crippen LogP contribution is -2.48. The van der Waals surface area contributed by atoms with Crippen molar-refractivity contribution in [3.63, 3.8) is 0 Å².